The zero-order valence-corrected chi connectivity index (χ0v) is 19.6. The normalized spacial score (nSPS) is 12.7. The lowest BCUT2D eigenvalue weighted by Gasteiger charge is -2.19. The number of carboxylic acid groups (broad SMARTS) is 1. The van der Waals surface area contributed by atoms with Gasteiger partial charge in [-0.15, -0.1) is 0 Å². The summed E-state index contributed by atoms with van der Waals surface area (Å²) in [5, 5.41) is 23.8. The minimum atomic E-state index is -1.12. The van der Waals surface area contributed by atoms with Gasteiger partial charge in [0.05, 0.1) is 12.0 Å². The Morgan fingerprint density at radius 2 is 1.67 bits per heavy atom. The Morgan fingerprint density at radius 1 is 0.944 bits per heavy atom. The Kier molecular flexibility index (Phi) is 7.92. The van der Waals surface area contributed by atoms with E-state index in [0.717, 1.165) is 27.9 Å². The number of carbonyl (C=O) groups is 3. The van der Waals surface area contributed by atoms with Gasteiger partial charge in [-0.05, 0) is 43.0 Å². The van der Waals surface area contributed by atoms with Crippen LogP contribution in [0, 0.1) is 5.92 Å². The van der Waals surface area contributed by atoms with E-state index in [9.17, 15) is 24.6 Å². The fraction of sp³-hybridized carbons (Fsp3) is 0.207. The molecule has 2 unspecified atom stereocenters. The molecule has 0 saturated heterocycles. The van der Waals surface area contributed by atoms with E-state index in [-0.39, 0.29) is 30.5 Å². The summed E-state index contributed by atoms with van der Waals surface area (Å²) in [6.45, 7) is 0.0618. The standard InChI is InChI=1S/C29H27NO6/c31-18-22-6-1-3-7-23(22)28(33)30-16-15-24(29(34)35)25(32)14-11-19-9-12-20(13-10-19)27-17-21-5-2-4-8-26(21)36-27/h1-10,12-13,17-18,24-25,32H,11,14-16H2,(H,30,33)(H,34,35). The van der Waals surface area contributed by atoms with E-state index < -0.39 is 23.9 Å². The summed E-state index contributed by atoms with van der Waals surface area (Å²) >= 11 is 0. The highest BCUT2D eigenvalue weighted by Crippen LogP contribution is 2.28. The van der Waals surface area contributed by atoms with Crippen LogP contribution in [0.1, 0.15) is 39.1 Å². The van der Waals surface area contributed by atoms with E-state index in [1.54, 1.807) is 12.1 Å². The molecule has 7 heteroatoms. The maximum atomic E-state index is 12.4. The molecule has 4 rings (SSSR count). The number of aliphatic hydroxyl groups is 1. The lowest BCUT2D eigenvalue weighted by atomic mass is 9.93. The summed E-state index contributed by atoms with van der Waals surface area (Å²) < 4.78 is 5.89. The lowest BCUT2D eigenvalue weighted by Crippen LogP contribution is -2.34. The van der Waals surface area contributed by atoms with E-state index in [2.05, 4.69) is 5.32 Å². The second kappa shape index (κ2) is 11.5. The monoisotopic (exact) mass is 485 g/mol. The number of carbonyl (C=O) groups excluding carboxylic acids is 2. The van der Waals surface area contributed by atoms with Crippen LogP contribution in [0.4, 0.5) is 0 Å². The number of aliphatic hydroxyl groups excluding tert-OH is 1. The fourth-order valence-corrected chi connectivity index (χ4v) is 4.20. The van der Waals surface area contributed by atoms with Crippen LogP contribution in [-0.2, 0) is 11.2 Å². The predicted molar refractivity (Wildman–Crippen MR) is 136 cm³/mol. The Hall–Kier alpha value is -4.23. The molecule has 3 aromatic carbocycles. The third-order valence-electron chi connectivity index (χ3n) is 6.25. The number of hydrogen-bond donors (Lipinski definition) is 3. The van der Waals surface area contributed by atoms with Crippen LogP contribution < -0.4 is 5.32 Å². The first-order valence-electron chi connectivity index (χ1n) is 11.8. The van der Waals surface area contributed by atoms with Gasteiger partial charge in [-0.1, -0.05) is 60.7 Å². The van der Waals surface area contributed by atoms with Crippen LogP contribution in [-0.4, -0.2) is 41.0 Å². The van der Waals surface area contributed by atoms with E-state index in [1.165, 1.54) is 12.1 Å². The summed E-state index contributed by atoms with van der Waals surface area (Å²) in [4.78, 5) is 35.2. The van der Waals surface area contributed by atoms with Gasteiger partial charge in [-0.25, -0.2) is 0 Å². The third-order valence-corrected chi connectivity index (χ3v) is 6.25. The van der Waals surface area contributed by atoms with E-state index in [0.29, 0.717) is 12.7 Å². The summed E-state index contributed by atoms with van der Waals surface area (Å²) in [6.07, 6.45) is 0.364. The molecule has 0 aliphatic heterocycles. The highest BCUT2D eigenvalue weighted by Gasteiger charge is 2.26. The number of amides is 1. The number of aryl methyl sites for hydroxylation is 1. The molecule has 0 aliphatic rings. The molecule has 184 valence electrons. The number of rotatable bonds is 11. The Morgan fingerprint density at radius 3 is 2.39 bits per heavy atom. The van der Waals surface area contributed by atoms with Crippen molar-refractivity contribution in [3.8, 4) is 11.3 Å². The van der Waals surface area contributed by atoms with Crippen molar-refractivity contribution >= 4 is 29.1 Å². The number of nitrogens with one attached hydrogen (secondary N) is 1. The molecule has 0 aliphatic carbocycles. The van der Waals surface area contributed by atoms with Gasteiger partial charge in [0.1, 0.15) is 11.3 Å². The van der Waals surface area contributed by atoms with Gasteiger partial charge in [0.25, 0.3) is 5.91 Å². The number of aliphatic carboxylic acids is 1. The second-order valence-electron chi connectivity index (χ2n) is 8.65. The minimum absolute atomic E-state index is 0.0618. The lowest BCUT2D eigenvalue weighted by molar-refractivity contribution is -0.146. The number of carboxylic acids is 1. The number of aldehydes is 1. The topological polar surface area (TPSA) is 117 Å². The SMILES string of the molecule is O=Cc1ccccc1C(=O)NCCC(C(=O)O)C(O)CCc1ccc(-c2cc3ccccc3o2)cc1. The maximum Gasteiger partial charge on any atom is 0.309 e. The van der Waals surface area contributed by atoms with Gasteiger partial charge in [-0.3, -0.25) is 14.4 Å². The first-order valence-corrected chi connectivity index (χ1v) is 11.8. The van der Waals surface area contributed by atoms with Crippen LogP contribution in [0.5, 0.6) is 0 Å². The molecule has 0 spiro atoms. The second-order valence-corrected chi connectivity index (χ2v) is 8.65. The van der Waals surface area contributed by atoms with E-state index in [4.69, 9.17) is 4.42 Å². The molecule has 2 atom stereocenters. The summed E-state index contributed by atoms with van der Waals surface area (Å²) in [5.74, 6) is -1.83. The predicted octanol–water partition coefficient (Wildman–Crippen LogP) is 4.73. The molecule has 0 radical (unpaired) electrons. The van der Waals surface area contributed by atoms with Crippen LogP contribution in [0.3, 0.4) is 0 Å². The van der Waals surface area contributed by atoms with Gasteiger partial charge >= 0.3 is 5.97 Å². The maximum absolute atomic E-state index is 12.4. The van der Waals surface area contributed by atoms with Crippen LogP contribution >= 0.6 is 0 Å². The molecule has 7 nitrogen and oxygen atoms in total. The van der Waals surface area contributed by atoms with Crippen molar-refractivity contribution in [1.29, 1.82) is 0 Å². The number of para-hydroxylation sites is 1. The zero-order chi connectivity index (χ0) is 25.5. The molecule has 1 heterocycles. The number of furan rings is 1. The van der Waals surface area contributed by atoms with Crippen molar-refractivity contribution in [3.05, 3.63) is 95.6 Å². The smallest absolute Gasteiger partial charge is 0.309 e. The molecule has 3 N–H and O–H groups in total. The number of hydrogen-bond acceptors (Lipinski definition) is 5. The zero-order valence-electron chi connectivity index (χ0n) is 19.6. The molecule has 4 aromatic rings. The minimum Gasteiger partial charge on any atom is -0.481 e. The van der Waals surface area contributed by atoms with Crippen molar-refractivity contribution in [2.24, 2.45) is 5.92 Å². The first kappa shape index (κ1) is 24.9. The van der Waals surface area contributed by atoms with E-state index in [1.807, 2.05) is 54.6 Å². The van der Waals surface area contributed by atoms with Crippen molar-refractivity contribution in [1.82, 2.24) is 5.32 Å². The van der Waals surface area contributed by atoms with Gasteiger partial charge in [0.15, 0.2) is 6.29 Å². The number of fused-ring (bicyclic) bond motifs is 1. The molecule has 0 bridgehead atoms. The summed E-state index contributed by atoms with van der Waals surface area (Å²) in [7, 11) is 0. The molecule has 1 aromatic heterocycles. The van der Waals surface area contributed by atoms with Crippen molar-refractivity contribution in [2.45, 2.75) is 25.4 Å². The Balaban J connectivity index is 1.30. The average molecular weight is 486 g/mol. The van der Waals surface area contributed by atoms with Gasteiger partial charge in [-0.2, -0.15) is 0 Å². The molecule has 36 heavy (non-hydrogen) atoms. The molecule has 0 saturated carbocycles. The first-order chi connectivity index (χ1) is 17.5. The van der Waals surface area contributed by atoms with Crippen molar-refractivity contribution in [3.63, 3.8) is 0 Å². The summed E-state index contributed by atoms with van der Waals surface area (Å²) in [6, 6.07) is 23.9. The fourth-order valence-electron chi connectivity index (χ4n) is 4.20. The Labute approximate surface area is 208 Å². The molecule has 0 fully saturated rings. The van der Waals surface area contributed by atoms with Gasteiger partial charge < -0.3 is 19.9 Å². The van der Waals surface area contributed by atoms with Gasteiger partial charge in [0.2, 0.25) is 0 Å². The molecular weight excluding hydrogens is 458 g/mol. The van der Waals surface area contributed by atoms with E-state index >= 15 is 0 Å². The van der Waals surface area contributed by atoms with Crippen LogP contribution in [0.25, 0.3) is 22.3 Å². The third kappa shape index (κ3) is 5.87. The molecular formula is C29H27NO6. The highest BCUT2D eigenvalue weighted by atomic mass is 16.4. The quantitative estimate of drug-likeness (QED) is 0.265. The van der Waals surface area contributed by atoms with Crippen LogP contribution in [0.2, 0.25) is 0 Å². The number of benzene rings is 3. The summed E-state index contributed by atoms with van der Waals surface area (Å²) in [5.41, 5.74) is 3.22. The van der Waals surface area contributed by atoms with Gasteiger partial charge in [0, 0.05) is 28.6 Å². The van der Waals surface area contributed by atoms with Crippen molar-refractivity contribution < 1.29 is 29.0 Å². The Bertz CT molecular complexity index is 1320. The van der Waals surface area contributed by atoms with Crippen LogP contribution in [0.15, 0.2) is 83.3 Å². The van der Waals surface area contributed by atoms with Crippen molar-refractivity contribution in [2.75, 3.05) is 6.54 Å². The largest absolute Gasteiger partial charge is 0.481 e. The average Bonchev–Trinajstić information content (AvgIpc) is 3.34. The highest BCUT2D eigenvalue weighted by molar-refractivity contribution is 6.01. The molecule has 1 amide bonds.